The van der Waals surface area contributed by atoms with E-state index in [4.69, 9.17) is 0 Å². The Hall–Kier alpha value is -3.61. The number of aromatic amines is 1. The minimum absolute atomic E-state index is 0.154. The van der Waals surface area contributed by atoms with Crippen LogP contribution in [0.3, 0.4) is 0 Å². The van der Waals surface area contributed by atoms with Crippen molar-refractivity contribution in [1.29, 1.82) is 0 Å². The molecule has 3 aromatic rings. The molecule has 2 aliphatic rings. The third-order valence-electron chi connectivity index (χ3n) is 6.93. The van der Waals surface area contributed by atoms with Crippen LogP contribution in [0.1, 0.15) is 60.4 Å². The first-order valence-corrected chi connectivity index (χ1v) is 12.0. The van der Waals surface area contributed by atoms with E-state index in [0.29, 0.717) is 24.4 Å². The van der Waals surface area contributed by atoms with Crippen LogP contribution in [0.15, 0.2) is 48.5 Å². The molecule has 7 heteroatoms. The Bertz CT molecular complexity index is 1280. The third kappa shape index (κ3) is 3.65. The topological polar surface area (TPSA) is 94.3 Å². The van der Waals surface area contributed by atoms with Crippen molar-refractivity contribution in [2.45, 2.75) is 51.7 Å². The summed E-state index contributed by atoms with van der Waals surface area (Å²) >= 11 is 0. The van der Waals surface area contributed by atoms with Crippen LogP contribution in [0.25, 0.3) is 10.9 Å². The Labute approximate surface area is 198 Å². The monoisotopic (exact) mass is 458 g/mol. The number of carbonyl (C=O) groups excluding carboxylic acids is 3. The molecule has 0 saturated carbocycles. The van der Waals surface area contributed by atoms with Gasteiger partial charge in [0.1, 0.15) is 12.1 Å². The van der Waals surface area contributed by atoms with Gasteiger partial charge in [-0.3, -0.25) is 14.4 Å². The van der Waals surface area contributed by atoms with Crippen molar-refractivity contribution in [3.8, 4) is 0 Å². The fourth-order valence-electron chi connectivity index (χ4n) is 5.15. The maximum absolute atomic E-state index is 13.5. The second-order valence-electron chi connectivity index (χ2n) is 9.69. The van der Waals surface area contributed by atoms with E-state index in [1.54, 1.807) is 11.8 Å². The number of nitrogens with one attached hydrogen (secondary N) is 3. The molecule has 0 radical (unpaired) electrons. The molecule has 34 heavy (non-hydrogen) atoms. The lowest BCUT2D eigenvalue weighted by molar-refractivity contribution is -0.131. The number of carbonyl (C=O) groups is 3. The van der Waals surface area contributed by atoms with Gasteiger partial charge in [0.25, 0.3) is 5.91 Å². The molecule has 0 spiro atoms. The van der Waals surface area contributed by atoms with E-state index < -0.39 is 12.1 Å². The number of hydrogen-bond donors (Lipinski definition) is 3. The lowest BCUT2D eigenvalue weighted by atomic mass is 9.90. The number of nitrogens with zero attached hydrogens (tertiary/aromatic N) is 1. The van der Waals surface area contributed by atoms with Crippen LogP contribution in [0.2, 0.25) is 0 Å². The predicted molar refractivity (Wildman–Crippen MR) is 130 cm³/mol. The fourth-order valence-corrected chi connectivity index (χ4v) is 5.15. The molecule has 0 bridgehead atoms. The van der Waals surface area contributed by atoms with Crippen LogP contribution in [-0.2, 0) is 16.0 Å². The lowest BCUT2D eigenvalue weighted by Gasteiger charge is -2.37. The van der Waals surface area contributed by atoms with Crippen LogP contribution in [-0.4, -0.2) is 46.2 Å². The second-order valence-corrected chi connectivity index (χ2v) is 9.69. The Balaban J connectivity index is 1.46. The van der Waals surface area contributed by atoms with Crippen LogP contribution in [0.5, 0.6) is 0 Å². The van der Waals surface area contributed by atoms with Crippen molar-refractivity contribution in [2.75, 3.05) is 6.54 Å². The quantitative estimate of drug-likeness (QED) is 0.529. The summed E-state index contributed by atoms with van der Waals surface area (Å²) < 4.78 is 0. The minimum atomic E-state index is -0.706. The van der Waals surface area contributed by atoms with Crippen molar-refractivity contribution in [3.05, 3.63) is 70.9 Å². The van der Waals surface area contributed by atoms with Gasteiger partial charge in [-0.25, -0.2) is 0 Å². The van der Waals surface area contributed by atoms with E-state index in [1.807, 2.05) is 48.5 Å². The third-order valence-corrected chi connectivity index (χ3v) is 6.93. The van der Waals surface area contributed by atoms with Gasteiger partial charge in [-0.05, 0) is 42.5 Å². The molecule has 3 N–H and O–H groups in total. The smallest absolute Gasteiger partial charge is 0.255 e. The number of para-hydroxylation sites is 1. The summed E-state index contributed by atoms with van der Waals surface area (Å²) in [6, 6.07) is 13.8. The molecule has 3 heterocycles. The van der Waals surface area contributed by atoms with Crippen molar-refractivity contribution < 1.29 is 14.4 Å². The zero-order chi connectivity index (χ0) is 24.0. The molecule has 7 nitrogen and oxygen atoms in total. The van der Waals surface area contributed by atoms with Crippen molar-refractivity contribution in [1.82, 2.24) is 20.5 Å². The van der Waals surface area contributed by atoms with E-state index in [2.05, 4.69) is 29.5 Å². The Morgan fingerprint density at radius 2 is 1.82 bits per heavy atom. The molecule has 3 amide bonds. The summed E-state index contributed by atoms with van der Waals surface area (Å²) in [5.74, 6) is -0.199. The van der Waals surface area contributed by atoms with E-state index in [0.717, 1.165) is 34.1 Å². The summed E-state index contributed by atoms with van der Waals surface area (Å²) in [6.45, 7) is 6.45. The number of aromatic nitrogens is 1. The first-order valence-electron chi connectivity index (χ1n) is 12.0. The number of amides is 3. The van der Waals surface area contributed by atoms with Gasteiger partial charge in [0.15, 0.2) is 0 Å². The van der Waals surface area contributed by atoms with Crippen LogP contribution in [0, 0.1) is 5.92 Å². The van der Waals surface area contributed by atoms with Gasteiger partial charge in [-0.15, -0.1) is 0 Å². The zero-order valence-electron chi connectivity index (χ0n) is 19.7. The molecule has 0 saturated heterocycles. The number of H-pyrrole nitrogens is 1. The van der Waals surface area contributed by atoms with Gasteiger partial charge in [0.2, 0.25) is 11.8 Å². The highest BCUT2D eigenvalue weighted by atomic mass is 16.2. The molecule has 5 rings (SSSR count). The highest BCUT2D eigenvalue weighted by Gasteiger charge is 2.49. The molecule has 176 valence electrons. The molecule has 2 aromatic carbocycles. The molecule has 0 aliphatic carbocycles. The van der Waals surface area contributed by atoms with Gasteiger partial charge in [-0.1, -0.05) is 50.2 Å². The maximum Gasteiger partial charge on any atom is 0.255 e. The normalized spacial score (nSPS) is 19.5. The Kier molecular flexibility index (Phi) is 5.63. The number of rotatable bonds is 6. The van der Waals surface area contributed by atoms with Crippen LogP contribution < -0.4 is 10.6 Å². The first kappa shape index (κ1) is 22.2. The average molecular weight is 459 g/mol. The highest BCUT2D eigenvalue weighted by molar-refractivity contribution is 6.04. The predicted octanol–water partition coefficient (Wildman–Crippen LogP) is 3.30. The second kappa shape index (κ2) is 8.63. The van der Waals surface area contributed by atoms with E-state index in [1.165, 1.54) is 0 Å². The van der Waals surface area contributed by atoms with Gasteiger partial charge in [0, 0.05) is 35.1 Å². The summed E-state index contributed by atoms with van der Waals surface area (Å²) in [4.78, 5) is 44.7. The molecule has 3 unspecified atom stereocenters. The van der Waals surface area contributed by atoms with Crippen molar-refractivity contribution in [2.24, 2.45) is 5.92 Å². The van der Waals surface area contributed by atoms with Gasteiger partial charge >= 0.3 is 0 Å². The summed E-state index contributed by atoms with van der Waals surface area (Å²) in [6.07, 6.45) is 1.27. The molecular weight excluding hydrogens is 428 g/mol. The first-order chi connectivity index (χ1) is 16.4. The molecule has 0 fully saturated rings. The lowest BCUT2D eigenvalue weighted by Crippen LogP contribution is -2.56. The van der Waals surface area contributed by atoms with Gasteiger partial charge < -0.3 is 20.5 Å². The highest BCUT2D eigenvalue weighted by Crippen LogP contribution is 2.46. The van der Waals surface area contributed by atoms with Crippen LogP contribution >= 0.6 is 0 Å². The van der Waals surface area contributed by atoms with Crippen LogP contribution in [0.4, 0.5) is 0 Å². The van der Waals surface area contributed by atoms with Crippen molar-refractivity contribution in [3.63, 3.8) is 0 Å². The summed E-state index contributed by atoms with van der Waals surface area (Å²) in [5, 5.41) is 6.81. The largest absolute Gasteiger partial charge is 0.356 e. The van der Waals surface area contributed by atoms with E-state index in [9.17, 15) is 14.4 Å². The molecule has 1 aromatic heterocycles. The summed E-state index contributed by atoms with van der Waals surface area (Å²) in [7, 11) is 0. The number of fused-ring (bicyclic) bond motifs is 7. The van der Waals surface area contributed by atoms with Gasteiger partial charge in [-0.2, -0.15) is 0 Å². The molecule has 2 aliphatic heterocycles. The molecular formula is C27H30N4O3. The average Bonchev–Trinajstić information content (AvgIpc) is 3.34. The number of hydrogen-bond acceptors (Lipinski definition) is 3. The minimum Gasteiger partial charge on any atom is -0.356 e. The Morgan fingerprint density at radius 3 is 2.62 bits per heavy atom. The standard InChI is InChI=1S/C27H30N4O3/c1-15(2)12-13-28-25(32)16(3)29-26(33)22-14-20-17-8-6-7-11-21(17)30-23(20)24-18-9-4-5-10-19(18)27(34)31(22)24/h4-11,15-16,22,24,30H,12-14H2,1-3H3,(H,28,32)(H,29,33). The Morgan fingerprint density at radius 1 is 1.09 bits per heavy atom. The fraction of sp³-hybridized carbons (Fsp3) is 0.370. The number of benzene rings is 2. The summed E-state index contributed by atoms with van der Waals surface area (Å²) in [5.41, 5.74) is 4.52. The van der Waals surface area contributed by atoms with Crippen molar-refractivity contribution >= 4 is 28.6 Å². The zero-order valence-corrected chi connectivity index (χ0v) is 19.7. The SMILES string of the molecule is CC(C)CCNC(=O)C(C)NC(=O)C1Cc2c([nH]c3ccccc23)C2c3ccccc3C(=O)N12. The van der Waals surface area contributed by atoms with E-state index in [-0.39, 0.29) is 23.8 Å². The maximum atomic E-state index is 13.5. The molecule has 3 atom stereocenters. The van der Waals surface area contributed by atoms with E-state index >= 15 is 0 Å². The van der Waals surface area contributed by atoms with Gasteiger partial charge in [0.05, 0.1) is 6.04 Å².